The van der Waals surface area contributed by atoms with Crippen molar-refractivity contribution in [3.63, 3.8) is 0 Å². The minimum atomic E-state index is -0.962. The SMILES string of the molecule is CCOC(=O)C1CCN(C(=O)C(C)OC(=O)c2ccc3c(=O)n4c(nc3c2)CCC4)CC1. The molecule has 9 nitrogen and oxygen atoms in total. The number of esters is 2. The first-order valence-electron chi connectivity index (χ1n) is 11.1. The number of rotatable bonds is 5. The molecular weight excluding hydrogens is 414 g/mol. The van der Waals surface area contributed by atoms with Crippen LogP contribution in [0, 0.1) is 5.92 Å². The lowest BCUT2D eigenvalue weighted by molar-refractivity contribution is -0.152. The summed E-state index contributed by atoms with van der Waals surface area (Å²) in [5.74, 6) is -0.642. The van der Waals surface area contributed by atoms with Crippen molar-refractivity contribution in [2.24, 2.45) is 5.92 Å². The molecule has 0 bridgehead atoms. The number of likely N-dealkylation sites (tertiary alicyclic amines) is 1. The highest BCUT2D eigenvalue weighted by molar-refractivity contribution is 5.95. The first kappa shape index (κ1) is 22.0. The van der Waals surface area contributed by atoms with Crippen LogP contribution in [0.2, 0.25) is 0 Å². The Hall–Kier alpha value is -3.23. The number of hydrogen-bond donors (Lipinski definition) is 0. The number of hydrogen-bond acceptors (Lipinski definition) is 7. The average molecular weight is 441 g/mol. The maximum Gasteiger partial charge on any atom is 0.338 e. The lowest BCUT2D eigenvalue weighted by Gasteiger charge is -2.32. The molecule has 1 aromatic carbocycles. The van der Waals surface area contributed by atoms with Crippen LogP contribution in [-0.2, 0) is 32.0 Å². The Morgan fingerprint density at radius 1 is 1.19 bits per heavy atom. The second-order valence-electron chi connectivity index (χ2n) is 8.22. The molecule has 2 aliphatic rings. The Morgan fingerprint density at radius 3 is 2.66 bits per heavy atom. The highest BCUT2D eigenvalue weighted by atomic mass is 16.5. The summed E-state index contributed by atoms with van der Waals surface area (Å²) in [6.45, 7) is 5.14. The number of amides is 1. The van der Waals surface area contributed by atoms with Gasteiger partial charge in [0.25, 0.3) is 11.5 Å². The number of carbonyl (C=O) groups is 3. The minimum Gasteiger partial charge on any atom is -0.466 e. The van der Waals surface area contributed by atoms with E-state index in [1.807, 2.05) is 0 Å². The van der Waals surface area contributed by atoms with Crippen molar-refractivity contribution in [1.29, 1.82) is 0 Å². The van der Waals surface area contributed by atoms with Crippen LogP contribution < -0.4 is 5.56 Å². The third kappa shape index (κ3) is 4.24. The zero-order valence-electron chi connectivity index (χ0n) is 18.3. The number of aromatic nitrogens is 2. The van der Waals surface area contributed by atoms with Gasteiger partial charge in [0.05, 0.1) is 29.0 Å². The molecule has 32 heavy (non-hydrogen) atoms. The number of benzene rings is 1. The largest absolute Gasteiger partial charge is 0.466 e. The van der Waals surface area contributed by atoms with Crippen molar-refractivity contribution in [3.05, 3.63) is 39.9 Å². The molecule has 1 saturated heterocycles. The van der Waals surface area contributed by atoms with Gasteiger partial charge in [0.15, 0.2) is 6.10 Å². The van der Waals surface area contributed by atoms with Crippen LogP contribution in [0.5, 0.6) is 0 Å². The van der Waals surface area contributed by atoms with E-state index in [1.165, 1.54) is 13.0 Å². The maximum atomic E-state index is 12.7. The fourth-order valence-corrected chi connectivity index (χ4v) is 4.34. The van der Waals surface area contributed by atoms with Gasteiger partial charge in [-0.1, -0.05) is 0 Å². The molecule has 4 rings (SSSR count). The van der Waals surface area contributed by atoms with Crippen molar-refractivity contribution in [2.45, 2.75) is 52.2 Å². The molecule has 1 unspecified atom stereocenters. The molecule has 0 aliphatic carbocycles. The van der Waals surface area contributed by atoms with E-state index in [9.17, 15) is 19.2 Å². The quantitative estimate of drug-likeness (QED) is 0.650. The van der Waals surface area contributed by atoms with Crippen molar-refractivity contribution >= 4 is 28.7 Å². The third-order valence-corrected chi connectivity index (χ3v) is 6.11. The molecule has 1 aromatic heterocycles. The van der Waals surface area contributed by atoms with E-state index in [0.29, 0.717) is 50.0 Å². The van der Waals surface area contributed by atoms with E-state index in [0.717, 1.165) is 18.7 Å². The predicted octanol–water partition coefficient (Wildman–Crippen LogP) is 1.69. The van der Waals surface area contributed by atoms with Gasteiger partial charge in [0.1, 0.15) is 5.82 Å². The van der Waals surface area contributed by atoms with Crippen molar-refractivity contribution in [2.75, 3.05) is 19.7 Å². The summed E-state index contributed by atoms with van der Waals surface area (Å²) in [5.41, 5.74) is 0.600. The van der Waals surface area contributed by atoms with E-state index < -0.39 is 12.1 Å². The third-order valence-electron chi connectivity index (χ3n) is 6.11. The monoisotopic (exact) mass is 441 g/mol. The van der Waals surface area contributed by atoms with E-state index in [-0.39, 0.29) is 28.9 Å². The molecular formula is C23H27N3O6. The standard InChI is InChI=1S/C23H27N3O6/c1-3-31-22(29)15-8-11-25(12-9-15)20(27)14(2)32-23(30)16-6-7-17-18(13-16)24-19-5-4-10-26(19)21(17)28/h6-7,13-15H,3-5,8-12H2,1-2H3. The molecule has 2 aliphatic heterocycles. The van der Waals surface area contributed by atoms with Crippen molar-refractivity contribution < 1.29 is 23.9 Å². The van der Waals surface area contributed by atoms with E-state index in [2.05, 4.69) is 4.98 Å². The summed E-state index contributed by atoms with van der Waals surface area (Å²) in [7, 11) is 0. The average Bonchev–Trinajstić information content (AvgIpc) is 3.27. The smallest absolute Gasteiger partial charge is 0.338 e. The van der Waals surface area contributed by atoms with Crippen LogP contribution in [0.3, 0.4) is 0 Å². The molecule has 0 N–H and O–H groups in total. The summed E-state index contributed by atoms with van der Waals surface area (Å²) in [6, 6.07) is 4.65. The highest BCUT2D eigenvalue weighted by Gasteiger charge is 2.31. The fraction of sp³-hybridized carbons (Fsp3) is 0.522. The molecule has 1 atom stereocenters. The fourth-order valence-electron chi connectivity index (χ4n) is 4.34. The first-order chi connectivity index (χ1) is 15.4. The summed E-state index contributed by atoms with van der Waals surface area (Å²) in [4.78, 5) is 56.0. The van der Waals surface area contributed by atoms with Gasteiger partial charge < -0.3 is 14.4 Å². The topological polar surface area (TPSA) is 108 Å². The van der Waals surface area contributed by atoms with Crippen molar-refractivity contribution in [3.8, 4) is 0 Å². The van der Waals surface area contributed by atoms with Gasteiger partial charge in [-0.3, -0.25) is 19.0 Å². The van der Waals surface area contributed by atoms with Gasteiger partial charge in [-0.15, -0.1) is 0 Å². The Balaban J connectivity index is 1.40. The Labute approximate surface area is 185 Å². The normalized spacial score (nSPS) is 17.1. The predicted molar refractivity (Wildman–Crippen MR) is 115 cm³/mol. The Kier molecular flexibility index (Phi) is 6.25. The summed E-state index contributed by atoms with van der Waals surface area (Å²) in [5, 5.41) is 0.459. The lowest BCUT2D eigenvalue weighted by atomic mass is 9.97. The van der Waals surface area contributed by atoms with Gasteiger partial charge in [-0.05, 0) is 51.3 Å². The molecule has 0 radical (unpaired) electrons. The van der Waals surface area contributed by atoms with Crippen LogP contribution in [0.25, 0.3) is 10.9 Å². The van der Waals surface area contributed by atoms with Gasteiger partial charge in [0.2, 0.25) is 0 Å². The van der Waals surface area contributed by atoms with Crippen molar-refractivity contribution in [1.82, 2.24) is 14.5 Å². The van der Waals surface area contributed by atoms with E-state index in [1.54, 1.807) is 28.5 Å². The van der Waals surface area contributed by atoms with Gasteiger partial charge >= 0.3 is 11.9 Å². The second kappa shape index (κ2) is 9.10. The van der Waals surface area contributed by atoms with Gasteiger partial charge in [-0.2, -0.15) is 0 Å². The first-order valence-corrected chi connectivity index (χ1v) is 11.1. The highest BCUT2D eigenvalue weighted by Crippen LogP contribution is 2.21. The molecule has 2 aromatic rings. The summed E-state index contributed by atoms with van der Waals surface area (Å²) in [6.07, 6.45) is 1.71. The summed E-state index contributed by atoms with van der Waals surface area (Å²) < 4.78 is 12.1. The Morgan fingerprint density at radius 2 is 1.94 bits per heavy atom. The molecule has 170 valence electrons. The van der Waals surface area contributed by atoms with Crippen LogP contribution in [0.15, 0.2) is 23.0 Å². The minimum absolute atomic E-state index is 0.0998. The number of ether oxygens (including phenoxy) is 2. The van der Waals surface area contributed by atoms with E-state index >= 15 is 0 Å². The van der Waals surface area contributed by atoms with Crippen LogP contribution >= 0.6 is 0 Å². The van der Waals surface area contributed by atoms with Crippen LogP contribution in [0.1, 0.15) is 49.3 Å². The van der Waals surface area contributed by atoms with Gasteiger partial charge in [-0.25, -0.2) is 9.78 Å². The van der Waals surface area contributed by atoms with Crippen LogP contribution in [0.4, 0.5) is 0 Å². The lowest BCUT2D eigenvalue weighted by Crippen LogP contribution is -2.45. The molecule has 1 amide bonds. The number of aryl methyl sites for hydroxylation is 1. The summed E-state index contributed by atoms with van der Waals surface area (Å²) >= 11 is 0. The number of carbonyl (C=O) groups excluding carboxylic acids is 3. The van der Waals surface area contributed by atoms with E-state index in [4.69, 9.17) is 9.47 Å². The molecule has 9 heteroatoms. The molecule has 3 heterocycles. The zero-order chi connectivity index (χ0) is 22.8. The molecule has 0 spiro atoms. The number of piperidine rings is 1. The molecule has 0 saturated carbocycles. The molecule has 1 fully saturated rings. The maximum absolute atomic E-state index is 12.7. The number of nitrogens with zero attached hydrogens (tertiary/aromatic N) is 3. The van der Waals surface area contributed by atoms with Gasteiger partial charge in [0, 0.05) is 26.1 Å². The number of fused-ring (bicyclic) bond motifs is 2. The van der Waals surface area contributed by atoms with Crippen LogP contribution in [-0.4, -0.2) is 58.1 Å². The second-order valence-corrected chi connectivity index (χ2v) is 8.22. The Bertz CT molecular complexity index is 1120. The zero-order valence-corrected chi connectivity index (χ0v) is 18.3.